The summed E-state index contributed by atoms with van der Waals surface area (Å²) < 4.78 is 5.45. The summed E-state index contributed by atoms with van der Waals surface area (Å²) >= 11 is 0. The smallest absolute Gasteiger partial charge is 0.260 e. The van der Waals surface area contributed by atoms with Gasteiger partial charge < -0.3 is 20.5 Å². The van der Waals surface area contributed by atoms with Gasteiger partial charge in [-0.05, 0) is 31.4 Å². The third kappa shape index (κ3) is 3.38. The predicted molar refractivity (Wildman–Crippen MR) is 72.8 cm³/mol. The molecule has 5 heteroatoms. The maximum absolute atomic E-state index is 12.1. The normalized spacial score (nSPS) is 19.2. The van der Waals surface area contributed by atoms with Gasteiger partial charge in [-0.25, -0.2) is 0 Å². The fourth-order valence-corrected chi connectivity index (χ4v) is 2.35. The van der Waals surface area contributed by atoms with E-state index in [1.807, 2.05) is 12.1 Å². The Kier molecular flexibility index (Phi) is 4.63. The minimum atomic E-state index is -0.0954. The average molecular weight is 264 g/mol. The molecule has 1 heterocycles. The molecule has 1 amide bonds. The molecule has 1 aliphatic heterocycles. The van der Waals surface area contributed by atoms with Crippen molar-refractivity contribution in [1.29, 1.82) is 0 Å². The number of nitrogens with two attached hydrogens (primary N) is 1. The first kappa shape index (κ1) is 13.7. The lowest BCUT2D eigenvalue weighted by atomic mass is 10.0. The number of anilines is 1. The maximum Gasteiger partial charge on any atom is 0.260 e. The van der Waals surface area contributed by atoms with Crippen molar-refractivity contribution in [3.8, 4) is 5.75 Å². The van der Waals surface area contributed by atoms with Gasteiger partial charge in [-0.2, -0.15) is 0 Å². The number of benzene rings is 1. The number of piperidine rings is 1. The van der Waals surface area contributed by atoms with Crippen molar-refractivity contribution in [2.75, 3.05) is 25.5 Å². The molecule has 19 heavy (non-hydrogen) atoms. The van der Waals surface area contributed by atoms with Crippen LogP contribution in [-0.4, -0.2) is 41.7 Å². The molecule has 3 N–H and O–H groups in total. The lowest BCUT2D eigenvalue weighted by molar-refractivity contribution is -0.138. The van der Waals surface area contributed by atoms with E-state index in [4.69, 9.17) is 10.5 Å². The number of nitrogen functional groups attached to an aromatic ring is 1. The van der Waals surface area contributed by atoms with Gasteiger partial charge in [-0.3, -0.25) is 4.79 Å². The first-order valence-electron chi connectivity index (χ1n) is 6.60. The molecule has 0 radical (unpaired) electrons. The van der Waals surface area contributed by atoms with Gasteiger partial charge in [0.15, 0.2) is 6.61 Å². The second-order valence-corrected chi connectivity index (χ2v) is 4.75. The summed E-state index contributed by atoms with van der Waals surface area (Å²) in [6, 6.07) is 7.03. The zero-order valence-electron chi connectivity index (χ0n) is 10.9. The van der Waals surface area contributed by atoms with Crippen LogP contribution in [0, 0.1) is 0 Å². The number of carbonyl (C=O) groups excluding carboxylic acids is 1. The largest absolute Gasteiger partial charge is 0.482 e. The van der Waals surface area contributed by atoms with Gasteiger partial charge in [0.05, 0.1) is 18.3 Å². The molecule has 1 fully saturated rings. The Morgan fingerprint density at radius 3 is 2.95 bits per heavy atom. The van der Waals surface area contributed by atoms with Crippen molar-refractivity contribution in [3.05, 3.63) is 24.3 Å². The minimum Gasteiger partial charge on any atom is -0.482 e. The van der Waals surface area contributed by atoms with E-state index < -0.39 is 0 Å². The molecule has 5 nitrogen and oxygen atoms in total. The van der Waals surface area contributed by atoms with E-state index in [9.17, 15) is 9.90 Å². The highest BCUT2D eigenvalue weighted by atomic mass is 16.5. The summed E-state index contributed by atoms with van der Waals surface area (Å²) in [6.07, 6.45) is 2.90. The molecule has 104 valence electrons. The van der Waals surface area contributed by atoms with Gasteiger partial charge in [-0.15, -0.1) is 0 Å². The summed E-state index contributed by atoms with van der Waals surface area (Å²) in [7, 11) is 0. The summed E-state index contributed by atoms with van der Waals surface area (Å²) in [5, 5.41) is 9.28. The fourth-order valence-electron chi connectivity index (χ4n) is 2.35. The number of para-hydroxylation sites is 2. The minimum absolute atomic E-state index is 0.0131. The predicted octanol–water partition coefficient (Wildman–Crippen LogP) is 1.02. The molecule has 0 saturated carbocycles. The maximum atomic E-state index is 12.1. The van der Waals surface area contributed by atoms with E-state index in [1.54, 1.807) is 17.0 Å². The Balaban J connectivity index is 1.92. The van der Waals surface area contributed by atoms with Gasteiger partial charge >= 0.3 is 0 Å². The highest BCUT2D eigenvalue weighted by Crippen LogP contribution is 2.21. The van der Waals surface area contributed by atoms with Gasteiger partial charge in [0.25, 0.3) is 5.91 Å². The van der Waals surface area contributed by atoms with Crippen molar-refractivity contribution in [2.45, 2.75) is 25.3 Å². The molecule has 0 bridgehead atoms. The molecule has 1 atom stereocenters. The Morgan fingerprint density at radius 2 is 2.21 bits per heavy atom. The molecule has 0 aliphatic carbocycles. The number of hydrogen-bond donors (Lipinski definition) is 2. The van der Waals surface area contributed by atoms with Crippen LogP contribution in [0.15, 0.2) is 24.3 Å². The van der Waals surface area contributed by atoms with Gasteiger partial charge in [0.2, 0.25) is 0 Å². The number of carbonyl (C=O) groups is 1. The Morgan fingerprint density at radius 1 is 1.42 bits per heavy atom. The number of aliphatic hydroxyl groups excluding tert-OH is 1. The highest BCUT2D eigenvalue weighted by Gasteiger charge is 2.26. The standard InChI is InChI=1S/C14H20N2O3/c15-12-6-1-2-7-13(12)19-10-14(18)16-8-4-3-5-11(16)9-17/h1-2,6-7,11,17H,3-5,8-10,15H2. The molecule has 1 unspecified atom stereocenters. The highest BCUT2D eigenvalue weighted by molar-refractivity contribution is 5.78. The van der Waals surface area contributed by atoms with Crippen molar-refractivity contribution in [3.63, 3.8) is 0 Å². The molecule has 2 rings (SSSR count). The first-order valence-corrected chi connectivity index (χ1v) is 6.60. The first-order chi connectivity index (χ1) is 9.22. The van der Waals surface area contributed by atoms with Crippen LogP contribution in [-0.2, 0) is 4.79 Å². The third-order valence-electron chi connectivity index (χ3n) is 3.43. The Bertz CT molecular complexity index is 436. The number of ether oxygens (including phenoxy) is 1. The molecule has 1 saturated heterocycles. The van der Waals surface area contributed by atoms with Crippen LogP contribution in [0.4, 0.5) is 5.69 Å². The van der Waals surface area contributed by atoms with Gasteiger partial charge in [0, 0.05) is 6.54 Å². The second-order valence-electron chi connectivity index (χ2n) is 4.75. The zero-order chi connectivity index (χ0) is 13.7. The molecule has 1 aromatic carbocycles. The van der Waals surface area contributed by atoms with Crippen LogP contribution >= 0.6 is 0 Å². The van der Waals surface area contributed by atoms with Crippen molar-refractivity contribution in [1.82, 2.24) is 4.90 Å². The van der Waals surface area contributed by atoms with E-state index in [0.29, 0.717) is 18.0 Å². The van der Waals surface area contributed by atoms with Crippen molar-refractivity contribution < 1.29 is 14.6 Å². The quantitative estimate of drug-likeness (QED) is 0.796. The molecular formula is C14H20N2O3. The van der Waals surface area contributed by atoms with E-state index in [0.717, 1.165) is 19.3 Å². The summed E-state index contributed by atoms with van der Waals surface area (Å²) in [4.78, 5) is 13.8. The van der Waals surface area contributed by atoms with Crippen LogP contribution in [0.5, 0.6) is 5.75 Å². The number of nitrogens with zero attached hydrogens (tertiary/aromatic N) is 1. The Labute approximate surface area is 113 Å². The number of rotatable bonds is 4. The summed E-state index contributed by atoms with van der Waals surface area (Å²) in [5.41, 5.74) is 6.27. The second kappa shape index (κ2) is 6.43. The van der Waals surface area contributed by atoms with E-state index >= 15 is 0 Å². The zero-order valence-corrected chi connectivity index (χ0v) is 10.9. The molecule has 1 aliphatic rings. The summed E-state index contributed by atoms with van der Waals surface area (Å²) in [6.45, 7) is 0.668. The van der Waals surface area contributed by atoms with Crippen molar-refractivity contribution >= 4 is 11.6 Å². The topological polar surface area (TPSA) is 75.8 Å². The Hall–Kier alpha value is -1.75. The van der Waals surface area contributed by atoms with E-state index in [-0.39, 0.29) is 25.2 Å². The van der Waals surface area contributed by atoms with Crippen LogP contribution in [0.3, 0.4) is 0 Å². The lowest BCUT2D eigenvalue weighted by Gasteiger charge is -2.34. The number of aliphatic hydroxyl groups is 1. The number of hydrogen-bond acceptors (Lipinski definition) is 4. The monoisotopic (exact) mass is 264 g/mol. The van der Waals surface area contributed by atoms with E-state index in [2.05, 4.69) is 0 Å². The third-order valence-corrected chi connectivity index (χ3v) is 3.43. The molecule has 1 aromatic rings. The van der Waals surface area contributed by atoms with Gasteiger partial charge in [-0.1, -0.05) is 12.1 Å². The molecule has 0 aromatic heterocycles. The van der Waals surface area contributed by atoms with Crippen LogP contribution in [0.1, 0.15) is 19.3 Å². The van der Waals surface area contributed by atoms with Crippen LogP contribution in [0.2, 0.25) is 0 Å². The molecule has 0 spiro atoms. The number of amides is 1. The average Bonchev–Trinajstić information content (AvgIpc) is 2.46. The van der Waals surface area contributed by atoms with Gasteiger partial charge in [0.1, 0.15) is 5.75 Å². The SMILES string of the molecule is Nc1ccccc1OCC(=O)N1CCCCC1CO. The van der Waals surface area contributed by atoms with Crippen LogP contribution < -0.4 is 10.5 Å². The summed E-state index contributed by atoms with van der Waals surface area (Å²) in [5.74, 6) is 0.426. The fraction of sp³-hybridized carbons (Fsp3) is 0.500. The van der Waals surface area contributed by atoms with E-state index in [1.165, 1.54) is 0 Å². The van der Waals surface area contributed by atoms with Crippen molar-refractivity contribution in [2.24, 2.45) is 0 Å². The van der Waals surface area contributed by atoms with Crippen LogP contribution in [0.25, 0.3) is 0 Å². The molecular weight excluding hydrogens is 244 g/mol. The number of likely N-dealkylation sites (tertiary alicyclic amines) is 1. The lowest BCUT2D eigenvalue weighted by Crippen LogP contribution is -2.47.